The molecule has 106 valence electrons. The van der Waals surface area contributed by atoms with Gasteiger partial charge in [-0.1, -0.05) is 0 Å². The molecule has 0 atom stereocenters. The van der Waals surface area contributed by atoms with Crippen molar-refractivity contribution >= 4 is 5.91 Å². The van der Waals surface area contributed by atoms with E-state index in [0.717, 1.165) is 52.3 Å². The van der Waals surface area contributed by atoms with Gasteiger partial charge >= 0.3 is 0 Å². The summed E-state index contributed by atoms with van der Waals surface area (Å²) in [4.78, 5) is 16.1. The van der Waals surface area contributed by atoms with Gasteiger partial charge in [0.25, 0.3) is 0 Å². The maximum Gasteiger partial charge on any atom is 0.222 e. The molecule has 1 heterocycles. The van der Waals surface area contributed by atoms with Crippen molar-refractivity contribution in [3.8, 4) is 0 Å². The average Bonchev–Trinajstić information content (AvgIpc) is 2.42. The number of piperazine rings is 1. The molecule has 0 aromatic heterocycles. The van der Waals surface area contributed by atoms with Crippen molar-refractivity contribution in [3.63, 3.8) is 0 Å². The first-order valence-electron chi connectivity index (χ1n) is 6.98. The molecule has 1 aliphatic rings. The molecule has 18 heavy (non-hydrogen) atoms. The molecule has 0 spiro atoms. The minimum Gasteiger partial charge on any atom is -0.382 e. The minimum absolute atomic E-state index is 0.227. The zero-order valence-electron chi connectivity index (χ0n) is 11.8. The van der Waals surface area contributed by atoms with Gasteiger partial charge in [-0.3, -0.25) is 9.69 Å². The van der Waals surface area contributed by atoms with Gasteiger partial charge in [-0.2, -0.15) is 0 Å². The van der Waals surface area contributed by atoms with Crippen LogP contribution in [0.4, 0.5) is 0 Å². The fraction of sp³-hybridized carbons (Fsp3) is 0.923. The lowest BCUT2D eigenvalue weighted by Crippen LogP contribution is -2.46. The van der Waals surface area contributed by atoms with E-state index >= 15 is 0 Å². The van der Waals surface area contributed by atoms with Crippen LogP contribution in [0.1, 0.15) is 19.8 Å². The van der Waals surface area contributed by atoms with Crippen LogP contribution in [-0.2, 0) is 9.53 Å². The summed E-state index contributed by atoms with van der Waals surface area (Å²) in [6.45, 7) is 9.50. The van der Waals surface area contributed by atoms with Crippen LogP contribution in [-0.4, -0.2) is 75.2 Å². The standard InChI is InChI=1S/C13H27N3O2/c1-3-18-12-4-5-13(17)15(2)10-11-16-8-6-14-7-9-16/h14H,3-12H2,1-2H3. The lowest BCUT2D eigenvalue weighted by atomic mass is 10.3. The third-order valence-corrected chi connectivity index (χ3v) is 3.27. The van der Waals surface area contributed by atoms with Crippen molar-refractivity contribution in [1.29, 1.82) is 0 Å². The number of nitrogens with zero attached hydrogens (tertiary/aromatic N) is 2. The fourth-order valence-corrected chi connectivity index (χ4v) is 2.01. The highest BCUT2D eigenvalue weighted by Gasteiger charge is 2.12. The Labute approximate surface area is 110 Å². The summed E-state index contributed by atoms with van der Waals surface area (Å²) in [7, 11) is 1.89. The van der Waals surface area contributed by atoms with Crippen molar-refractivity contribution in [1.82, 2.24) is 15.1 Å². The summed E-state index contributed by atoms with van der Waals surface area (Å²) in [5, 5.41) is 3.33. The maximum atomic E-state index is 11.8. The Kier molecular flexibility index (Phi) is 7.96. The lowest BCUT2D eigenvalue weighted by Gasteiger charge is -2.29. The Hall–Kier alpha value is -0.650. The van der Waals surface area contributed by atoms with E-state index in [1.807, 2.05) is 18.9 Å². The Bertz CT molecular complexity index is 230. The zero-order chi connectivity index (χ0) is 13.2. The van der Waals surface area contributed by atoms with E-state index in [-0.39, 0.29) is 5.91 Å². The average molecular weight is 257 g/mol. The highest BCUT2D eigenvalue weighted by atomic mass is 16.5. The molecular formula is C13H27N3O2. The Morgan fingerprint density at radius 3 is 2.78 bits per heavy atom. The first kappa shape index (κ1) is 15.4. The van der Waals surface area contributed by atoms with Crippen molar-refractivity contribution in [2.45, 2.75) is 19.8 Å². The molecule has 1 fully saturated rings. The number of carbonyl (C=O) groups excluding carboxylic acids is 1. The monoisotopic (exact) mass is 257 g/mol. The first-order chi connectivity index (χ1) is 8.74. The van der Waals surface area contributed by atoms with Gasteiger partial charge in [0.2, 0.25) is 5.91 Å². The van der Waals surface area contributed by atoms with Crippen molar-refractivity contribution in [2.75, 3.05) is 59.5 Å². The highest BCUT2D eigenvalue weighted by molar-refractivity contribution is 5.75. The van der Waals surface area contributed by atoms with Gasteiger partial charge < -0.3 is 15.0 Å². The van der Waals surface area contributed by atoms with Crippen LogP contribution in [0, 0.1) is 0 Å². The number of nitrogens with one attached hydrogen (secondary N) is 1. The summed E-state index contributed by atoms with van der Waals surface area (Å²) in [6.07, 6.45) is 1.42. The third-order valence-electron chi connectivity index (χ3n) is 3.27. The largest absolute Gasteiger partial charge is 0.382 e. The van der Waals surface area contributed by atoms with Crippen molar-refractivity contribution in [3.05, 3.63) is 0 Å². The van der Waals surface area contributed by atoms with Crippen LogP contribution in [0.2, 0.25) is 0 Å². The van der Waals surface area contributed by atoms with Crippen LogP contribution in [0.5, 0.6) is 0 Å². The Morgan fingerprint density at radius 1 is 1.39 bits per heavy atom. The third kappa shape index (κ3) is 6.33. The molecule has 0 radical (unpaired) electrons. The SMILES string of the molecule is CCOCCCC(=O)N(C)CCN1CCNCC1. The van der Waals surface area contributed by atoms with Crippen molar-refractivity contribution in [2.24, 2.45) is 0 Å². The molecule has 5 heteroatoms. The minimum atomic E-state index is 0.227. The maximum absolute atomic E-state index is 11.8. The van der Waals surface area contributed by atoms with E-state index in [0.29, 0.717) is 13.0 Å². The van der Waals surface area contributed by atoms with Crippen LogP contribution in [0.15, 0.2) is 0 Å². The summed E-state index contributed by atoms with van der Waals surface area (Å²) in [5.41, 5.74) is 0. The number of likely N-dealkylation sites (N-methyl/N-ethyl adjacent to an activating group) is 1. The molecular weight excluding hydrogens is 230 g/mol. The number of ether oxygens (including phenoxy) is 1. The Morgan fingerprint density at radius 2 is 2.11 bits per heavy atom. The predicted octanol–water partition coefficient (Wildman–Crippen LogP) is 0.167. The number of hydrogen-bond donors (Lipinski definition) is 1. The van der Waals surface area contributed by atoms with E-state index in [2.05, 4.69) is 10.2 Å². The molecule has 1 N–H and O–H groups in total. The first-order valence-corrected chi connectivity index (χ1v) is 6.98. The summed E-state index contributed by atoms with van der Waals surface area (Å²) >= 11 is 0. The van der Waals surface area contributed by atoms with Gasteiger partial charge in [-0.15, -0.1) is 0 Å². The molecule has 5 nitrogen and oxygen atoms in total. The molecule has 1 amide bonds. The fourth-order valence-electron chi connectivity index (χ4n) is 2.01. The molecule has 0 aromatic carbocycles. The van der Waals surface area contributed by atoms with E-state index in [1.54, 1.807) is 0 Å². The van der Waals surface area contributed by atoms with E-state index in [4.69, 9.17) is 4.74 Å². The molecule has 0 aliphatic carbocycles. The topological polar surface area (TPSA) is 44.8 Å². The van der Waals surface area contributed by atoms with Gasteiger partial charge in [0.05, 0.1) is 0 Å². The normalized spacial score (nSPS) is 16.8. The molecule has 0 bridgehead atoms. The van der Waals surface area contributed by atoms with Gasteiger partial charge in [0, 0.05) is 66.0 Å². The summed E-state index contributed by atoms with van der Waals surface area (Å²) < 4.78 is 5.23. The quantitative estimate of drug-likeness (QED) is 0.630. The van der Waals surface area contributed by atoms with E-state index in [1.165, 1.54) is 0 Å². The van der Waals surface area contributed by atoms with Gasteiger partial charge in [-0.25, -0.2) is 0 Å². The van der Waals surface area contributed by atoms with Crippen LogP contribution >= 0.6 is 0 Å². The second-order valence-corrected chi connectivity index (χ2v) is 4.71. The van der Waals surface area contributed by atoms with E-state index in [9.17, 15) is 4.79 Å². The number of hydrogen-bond acceptors (Lipinski definition) is 4. The Balaban J connectivity index is 2.07. The van der Waals surface area contributed by atoms with Gasteiger partial charge in [-0.05, 0) is 13.3 Å². The number of amides is 1. The molecule has 1 saturated heterocycles. The molecule has 1 aliphatic heterocycles. The molecule has 1 rings (SSSR count). The van der Waals surface area contributed by atoms with E-state index < -0.39 is 0 Å². The summed E-state index contributed by atoms with van der Waals surface area (Å²) in [5.74, 6) is 0.227. The number of rotatable bonds is 8. The second kappa shape index (κ2) is 9.30. The predicted molar refractivity (Wildman–Crippen MR) is 72.7 cm³/mol. The molecule has 0 aromatic rings. The molecule has 0 saturated carbocycles. The second-order valence-electron chi connectivity index (χ2n) is 4.71. The van der Waals surface area contributed by atoms with Crippen LogP contribution in [0.25, 0.3) is 0 Å². The van der Waals surface area contributed by atoms with Crippen LogP contribution in [0.3, 0.4) is 0 Å². The zero-order valence-corrected chi connectivity index (χ0v) is 11.8. The molecule has 0 unspecified atom stereocenters. The summed E-state index contributed by atoms with van der Waals surface area (Å²) in [6, 6.07) is 0. The van der Waals surface area contributed by atoms with Crippen LogP contribution < -0.4 is 5.32 Å². The van der Waals surface area contributed by atoms with Gasteiger partial charge in [0.15, 0.2) is 0 Å². The van der Waals surface area contributed by atoms with Crippen molar-refractivity contribution < 1.29 is 9.53 Å². The smallest absolute Gasteiger partial charge is 0.222 e. The number of carbonyl (C=O) groups is 1. The van der Waals surface area contributed by atoms with Gasteiger partial charge in [0.1, 0.15) is 0 Å². The highest BCUT2D eigenvalue weighted by Crippen LogP contribution is 1.98. The lowest BCUT2D eigenvalue weighted by molar-refractivity contribution is -0.130.